The van der Waals surface area contributed by atoms with Crippen molar-refractivity contribution < 1.29 is 18.7 Å². The Labute approximate surface area is 201 Å². The van der Waals surface area contributed by atoms with E-state index in [9.17, 15) is 14.0 Å². The zero-order chi connectivity index (χ0) is 24.7. The molecule has 0 unspecified atom stereocenters. The lowest BCUT2D eigenvalue weighted by Gasteiger charge is -2.27. The highest BCUT2D eigenvalue weighted by Gasteiger charge is 2.23. The van der Waals surface area contributed by atoms with Gasteiger partial charge in [0.25, 0.3) is 5.91 Å². The SMILES string of the molecule is COc1ccc(-c2cc(C(=O)N[C@H]3CC[C@H](N)CC3)c3[nH]c4cc(C(N)=O)ccc4c3c2)cc1F. The van der Waals surface area contributed by atoms with Gasteiger partial charge in [-0.05, 0) is 73.2 Å². The van der Waals surface area contributed by atoms with Gasteiger partial charge in [0.2, 0.25) is 5.91 Å². The predicted molar refractivity (Wildman–Crippen MR) is 134 cm³/mol. The van der Waals surface area contributed by atoms with Crippen molar-refractivity contribution in [3.05, 3.63) is 65.5 Å². The molecule has 0 saturated heterocycles. The Hall–Kier alpha value is -3.91. The van der Waals surface area contributed by atoms with E-state index < -0.39 is 11.7 Å². The Bertz CT molecular complexity index is 1450. The van der Waals surface area contributed by atoms with Gasteiger partial charge in [-0.15, -0.1) is 0 Å². The number of benzene rings is 3. The second-order valence-electron chi connectivity index (χ2n) is 9.13. The standard InChI is InChI=1S/C27H27FN4O3/c1-35-24-9-3-14(12-22(24)28)16-10-20-19-8-2-15(26(30)33)13-23(19)32-25(20)21(11-16)27(34)31-18-6-4-17(29)5-7-18/h2-3,8-13,17-18,32H,4-7,29H2,1H3,(H2,30,33)(H,31,34)/t17-,18-. The maximum atomic E-state index is 14.5. The first-order chi connectivity index (χ1) is 16.8. The van der Waals surface area contributed by atoms with Crippen LogP contribution in [0.15, 0.2) is 48.5 Å². The number of methoxy groups -OCH3 is 1. The number of nitrogens with two attached hydrogens (primary N) is 2. The highest BCUT2D eigenvalue weighted by molar-refractivity contribution is 6.17. The van der Waals surface area contributed by atoms with Crippen LogP contribution in [0.1, 0.15) is 46.4 Å². The number of aromatic amines is 1. The molecule has 0 spiro atoms. The molecule has 3 aromatic carbocycles. The van der Waals surface area contributed by atoms with Crippen LogP contribution in [0.2, 0.25) is 0 Å². The van der Waals surface area contributed by atoms with Crippen LogP contribution >= 0.6 is 0 Å². The van der Waals surface area contributed by atoms with Gasteiger partial charge in [0.15, 0.2) is 11.6 Å². The number of ether oxygens (including phenoxy) is 1. The minimum Gasteiger partial charge on any atom is -0.494 e. The Balaban J connectivity index is 1.65. The average Bonchev–Trinajstić information content (AvgIpc) is 3.22. The van der Waals surface area contributed by atoms with Crippen LogP contribution in [-0.2, 0) is 0 Å². The quantitative estimate of drug-likeness (QED) is 0.346. The summed E-state index contributed by atoms with van der Waals surface area (Å²) in [7, 11) is 1.41. The minimum absolute atomic E-state index is 0.0466. The largest absolute Gasteiger partial charge is 0.494 e. The fraction of sp³-hybridized carbons (Fsp3) is 0.259. The molecular formula is C27H27FN4O3. The number of halogens is 1. The number of rotatable bonds is 5. The Morgan fingerprint density at radius 2 is 1.77 bits per heavy atom. The molecule has 4 aromatic rings. The maximum absolute atomic E-state index is 14.5. The summed E-state index contributed by atoms with van der Waals surface area (Å²) in [6.07, 6.45) is 3.39. The Morgan fingerprint density at radius 1 is 1.00 bits per heavy atom. The predicted octanol–water partition coefficient (Wildman–Crippen LogP) is 4.23. The molecule has 2 amide bonds. The number of primary amides is 1. The maximum Gasteiger partial charge on any atom is 0.253 e. The molecule has 5 rings (SSSR count). The van der Waals surface area contributed by atoms with Gasteiger partial charge in [-0.3, -0.25) is 9.59 Å². The van der Waals surface area contributed by atoms with Gasteiger partial charge in [-0.2, -0.15) is 0 Å². The molecule has 0 bridgehead atoms. The van der Waals surface area contributed by atoms with Gasteiger partial charge in [0.1, 0.15) is 0 Å². The number of hydrogen-bond acceptors (Lipinski definition) is 4. The second kappa shape index (κ2) is 9.03. The Morgan fingerprint density at radius 3 is 2.46 bits per heavy atom. The number of hydrogen-bond donors (Lipinski definition) is 4. The van der Waals surface area contributed by atoms with Crippen LogP contribution in [0.25, 0.3) is 32.9 Å². The number of H-pyrrole nitrogens is 1. The zero-order valence-corrected chi connectivity index (χ0v) is 19.4. The summed E-state index contributed by atoms with van der Waals surface area (Å²) < 4.78 is 19.5. The number of carbonyl (C=O) groups excluding carboxylic acids is 2. The van der Waals surface area contributed by atoms with E-state index in [1.807, 2.05) is 6.07 Å². The van der Waals surface area contributed by atoms with Crippen LogP contribution in [-0.4, -0.2) is 36.0 Å². The first-order valence-electron chi connectivity index (χ1n) is 11.6. The van der Waals surface area contributed by atoms with E-state index in [4.69, 9.17) is 16.2 Å². The minimum atomic E-state index is -0.534. The first-order valence-corrected chi connectivity index (χ1v) is 11.6. The number of carbonyl (C=O) groups is 2. The van der Waals surface area contributed by atoms with Crippen molar-refractivity contribution in [1.29, 1.82) is 0 Å². The van der Waals surface area contributed by atoms with Gasteiger partial charge < -0.3 is 26.5 Å². The molecular weight excluding hydrogens is 447 g/mol. The summed E-state index contributed by atoms with van der Waals surface area (Å²) in [5.74, 6) is -1.09. The summed E-state index contributed by atoms with van der Waals surface area (Å²) in [6.45, 7) is 0. The zero-order valence-electron chi connectivity index (χ0n) is 19.4. The van der Waals surface area contributed by atoms with Crippen molar-refractivity contribution in [1.82, 2.24) is 10.3 Å². The van der Waals surface area contributed by atoms with E-state index in [-0.39, 0.29) is 23.7 Å². The monoisotopic (exact) mass is 474 g/mol. The molecule has 0 radical (unpaired) electrons. The average molecular weight is 475 g/mol. The summed E-state index contributed by atoms with van der Waals surface area (Å²) in [6, 6.07) is 13.7. The van der Waals surface area contributed by atoms with Crippen molar-refractivity contribution in [2.45, 2.75) is 37.8 Å². The lowest BCUT2D eigenvalue weighted by Crippen LogP contribution is -2.40. The van der Waals surface area contributed by atoms with Gasteiger partial charge in [0, 0.05) is 33.9 Å². The molecule has 1 saturated carbocycles. The lowest BCUT2D eigenvalue weighted by atomic mass is 9.91. The van der Waals surface area contributed by atoms with E-state index in [2.05, 4.69) is 10.3 Å². The second-order valence-corrected chi connectivity index (χ2v) is 9.13. The third kappa shape index (κ3) is 4.33. The topological polar surface area (TPSA) is 123 Å². The molecule has 8 heteroatoms. The number of fused-ring (bicyclic) bond motifs is 3. The lowest BCUT2D eigenvalue weighted by molar-refractivity contribution is 0.0926. The third-order valence-electron chi connectivity index (χ3n) is 6.83. The van der Waals surface area contributed by atoms with Crippen molar-refractivity contribution in [2.24, 2.45) is 11.5 Å². The smallest absolute Gasteiger partial charge is 0.253 e. The summed E-state index contributed by atoms with van der Waals surface area (Å²) in [5, 5.41) is 4.77. The van der Waals surface area contributed by atoms with Crippen molar-refractivity contribution in [2.75, 3.05) is 7.11 Å². The molecule has 180 valence electrons. The Kier molecular flexibility index (Phi) is 5.90. The van der Waals surface area contributed by atoms with Crippen LogP contribution in [0.5, 0.6) is 5.75 Å². The normalized spacial score (nSPS) is 18.0. The van der Waals surface area contributed by atoms with Crippen LogP contribution in [0.3, 0.4) is 0 Å². The molecule has 1 aromatic heterocycles. The molecule has 1 heterocycles. The molecule has 1 aliphatic carbocycles. The van der Waals surface area contributed by atoms with E-state index in [0.29, 0.717) is 33.3 Å². The highest BCUT2D eigenvalue weighted by Crippen LogP contribution is 2.35. The molecule has 1 fully saturated rings. The molecule has 35 heavy (non-hydrogen) atoms. The molecule has 7 nitrogen and oxygen atoms in total. The molecule has 0 atom stereocenters. The van der Waals surface area contributed by atoms with Gasteiger partial charge in [-0.1, -0.05) is 12.1 Å². The van der Waals surface area contributed by atoms with Crippen LogP contribution in [0.4, 0.5) is 4.39 Å². The number of amides is 2. The molecule has 6 N–H and O–H groups in total. The van der Waals surface area contributed by atoms with Crippen LogP contribution < -0.4 is 21.5 Å². The van der Waals surface area contributed by atoms with Crippen molar-refractivity contribution in [3.8, 4) is 16.9 Å². The third-order valence-corrected chi connectivity index (χ3v) is 6.83. The van der Waals surface area contributed by atoms with Crippen molar-refractivity contribution in [3.63, 3.8) is 0 Å². The first kappa shape index (κ1) is 22.9. The van der Waals surface area contributed by atoms with Gasteiger partial charge in [0.05, 0.1) is 18.2 Å². The highest BCUT2D eigenvalue weighted by atomic mass is 19.1. The van der Waals surface area contributed by atoms with Crippen LogP contribution in [0, 0.1) is 5.82 Å². The summed E-state index contributed by atoms with van der Waals surface area (Å²) in [5.41, 5.74) is 14.9. The fourth-order valence-electron chi connectivity index (χ4n) is 4.88. The van der Waals surface area contributed by atoms with E-state index >= 15 is 0 Å². The molecule has 0 aliphatic heterocycles. The molecule has 1 aliphatic rings. The van der Waals surface area contributed by atoms with E-state index in [0.717, 1.165) is 36.5 Å². The van der Waals surface area contributed by atoms with Gasteiger partial charge in [-0.25, -0.2) is 4.39 Å². The fourth-order valence-corrected chi connectivity index (χ4v) is 4.88. The number of aromatic nitrogens is 1. The summed E-state index contributed by atoms with van der Waals surface area (Å²) >= 11 is 0. The summed E-state index contributed by atoms with van der Waals surface area (Å²) in [4.78, 5) is 28.5. The van der Waals surface area contributed by atoms with E-state index in [1.165, 1.54) is 13.2 Å². The van der Waals surface area contributed by atoms with E-state index in [1.54, 1.807) is 36.4 Å². The van der Waals surface area contributed by atoms with Crippen molar-refractivity contribution >= 4 is 33.6 Å². The van der Waals surface area contributed by atoms with Gasteiger partial charge >= 0.3 is 0 Å². The number of nitrogens with one attached hydrogen (secondary N) is 2.